The third-order valence-corrected chi connectivity index (χ3v) is 4.11. The number of ether oxygens (including phenoxy) is 1. The van der Waals surface area contributed by atoms with Gasteiger partial charge in [0.05, 0.1) is 18.2 Å². The number of hydrogen-bond donors (Lipinski definition) is 7. The highest BCUT2D eigenvalue weighted by Gasteiger charge is 2.16. The summed E-state index contributed by atoms with van der Waals surface area (Å²) in [5.74, 6) is -2.28. The van der Waals surface area contributed by atoms with Crippen molar-refractivity contribution in [3.63, 3.8) is 0 Å². The molecule has 0 saturated carbocycles. The first-order valence-corrected chi connectivity index (χ1v) is 10.1. The Kier molecular flexibility index (Phi) is 12.1. The van der Waals surface area contributed by atoms with Crippen molar-refractivity contribution in [1.29, 1.82) is 0 Å². The number of aromatic amines is 1. The zero-order valence-electron chi connectivity index (χ0n) is 18.3. The summed E-state index contributed by atoms with van der Waals surface area (Å²) in [6.07, 6.45) is 6.65. The molecular weight excluding hydrogens is 446 g/mol. The maximum absolute atomic E-state index is 11.9. The minimum atomic E-state index is -1.07. The molecule has 1 aromatic carbocycles. The Morgan fingerprint density at radius 2 is 1.79 bits per heavy atom. The molecule has 11 N–H and O–H groups in total. The minimum absolute atomic E-state index is 0.00569. The molecule has 13 heteroatoms. The van der Waals surface area contributed by atoms with Gasteiger partial charge in [0.25, 0.3) is 0 Å². The number of nitrogens with zero attached hydrogens (tertiary/aromatic N) is 2. The second-order valence-corrected chi connectivity index (χ2v) is 6.95. The lowest BCUT2D eigenvalue weighted by Gasteiger charge is -2.11. The number of nitrogens with two attached hydrogens (primary N) is 4. The first kappa shape index (κ1) is 27.8. The van der Waals surface area contributed by atoms with Gasteiger partial charge in [-0.05, 0) is 43.0 Å². The summed E-state index contributed by atoms with van der Waals surface area (Å²) in [5.41, 5.74) is 23.0. The normalized spacial score (nSPS) is 12.2. The summed E-state index contributed by atoms with van der Waals surface area (Å²) in [7, 11) is 0. The highest BCUT2D eigenvalue weighted by molar-refractivity contribution is 5.84. The van der Waals surface area contributed by atoms with Gasteiger partial charge >= 0.3 is 17.9 Å². The van der Waals surface area contributed by atoms with E-state index in [9.17, 15) is 14.4 Å². The molecule has 1 aromatic heterocycles. The number of rotatable bonds is 11. The number of nitrogens with one attached hydrogen (secondary N) is 1. The number of carboxylic acids is 2. The van der Waals surface area contributed by atoms with E-state index in [1.807, 2.05) is 0 Å². The van der Waals surface area contributed by atoms with E-state index in [-0.39, 0.29) is 12.4 Å². The third-order valence-electron chi connectivity index (χ3n) is 4.11. The van der Waals surface area contributed by atoms with Crippen LogP contribution in [0.4, 0.5) is 0 Å². The molecule has 184 valence electrons. The molecule has 0 bridgehead atoms. The monoisotopic (exact) mass is 475 g/mol. The number of carboxylic acid groups (broad SMARTS) is 2. The zero-order chi connectivity index (χ0) is 25.5. The lowest BCUT2D eigenvalue weighted by molar-refractivity contribution is -0.138. The topological polar surface area (TPSA) is 246 Å². The second kappa shape index (κ2) is 14.8. The summed E-state index contributed by atoms with van der Waals surface area (Å²) < 4.78 is 5.17. The molecule has 0 aliphatic heterocycles. The van der Waals surface area contributed by atoms with Gasteiger partial charge < -0.3 is 42.9 Å². The molecule has 0 amide bonds. The van der Waals surface area contributed by atoms with Crippen molar-refractivity contribution >= 4 is 29.9 Å². The van der Waals surface area contributed by atoms with Gasteiger partial charge in [0, 0.05) is 12.6 Å². The van der Waals surface area contributed by atoms with Crippen LogP contribution in [0.5, 0.6) is 5.75 Å². The summed E-state index contributed by atoms with van der Waals surface area (Å²) in [6, 6.07) is 4.67. The van der Waals surface area contributed by atoms with Crippen LogP contribution in [0, 0.1) is 0 Å². The number of carbonyl (C=O) groups excluding carboxylic acids is 1. The predicted octanol–water partition coefficient (Wildman–Crippen LogP) is -0.565. The number of H-pyrrole nitrogens is 1. The number of aliphatic imine (C=N–C) groups is 1. The Morgan fingerprint density at radius 3 is 2.32 bits per heavy atom. The average molecular weight is 476 g/mol. The Hall–Kier alpha value is -4.23. The largest absolute Gasteiger partial charge is 0.480 e. The van der Waals surface area contributed by atoms with Gasteiger partial charge in [0.2, 0.25) is 0 Å². The number of hydrogen-bond acceptors (Lipinski definition) is 8. The van der Waals surface area contributed by atoms with Gasteiger partial charge in [-0.15, -0.1) is 0 Å². The van der Waals surface area contributed by atoms with Crippen LogP contribution in [0.3, 0.4) is 0 Å². The lowest BCUT2D eigenvalue weighted by atomic mass is 10.1. The van der Waals surface area contributed by atoms with Crippen molar-refractivity contribution in [2.24, 2.45) is 27.9 Å². The van der Waals surface area contributed by atoms with Crippen LogP contribution in [-0.2, 0) is 20.8 Å². The van der Waals surface area contributed by atoms with Crippen molar-refractivity contribution < 1.29 is 29.3 Å². The number of aliphatic carboxylic acids is 2. The average Bonchev–Trinajstić information content (AvgIpc) is 3.30. The molecule has 0 aliphatic rings. The van der Waals surface area contributed by atoms with Gasteiger partial charge in [-0.1, -0.05) is 12.1 Å². The Labute approximate surface area is 195 Å². The van der Waals surface area contributed by atoms with Crippen LogP contribution in [0.15, 0.2) is 47.9 Å². The quantitative estimate of drug-likeness (QED) is 0.0541. The molecule has 0 fully saturated rings. The summed E-state index contributed by atoms with van der Waals surface area (Å²) in [4.78, 5) is 42.8. The molecule has 0 saturated heterocycles. The van der Waals surface area contributed by atoms with E-state index in [1.165, 1.54) is 12.4 Å². The molecular formula is C21H29N7O6. The van der Waals surface area contributed by atoms with Gasteiger partial charge in [0.1, 0.15) is 17.8 Å². The number of benzene rings is 1. The predicted molar refractivity (Wildman–Crippen MR) is 125 cm³/mol. The maximum Gasteiger partial charge on any atom is 0.328 e. The highest BCUT2D eigenvalue weighted by Crippen LogP contribution is 2.14. The maximum atomic E-state index is 11.9. The smallest absolute Gasteiger partial charge is 0.328 e. The van der Waals surface area contributed by atoms with Crippen LogP contribution in [0.1, 0.15) is 24.1 Å². The summed E-state index contributed by atoms with van der Waals surface area (Å²) in [6.45, 7) is 0.391. The van der Waals surface area contributed by atoms with E-state index in [2.05, 4.69) is 15.0 Å². The fourth-order valence-corrected chi connectivity index (χ4v) is 2.38. The SMILES string of the molecule is NC(N)=NCCC[C@H](N)C(=O)Oc1ccc(C[C@H](N)C(=O)O)cc1.O=C(O)C=Cc1cnc[nH]1. The van der Waals surface area contributed by atoms with Crippen LogP contribution in [0.2, 0.25) is 0 Å². The van der Waals surface area contributed by atoms with Crippen molar-refractivity contribution in [1.82, 2.24) is 9.97 Å². The van der Waals surface area contributed by atoms with E-state index in [0.717, 1.165) is 11.6 Å². The van der Waals surface area contributed by atoms with Crippen molar-refractivity contribution in [3.05, 3.63) is 54.1 Å². The number of guanidine groups is 1. The standard InChI is InChI=1S/C15H23N5O4.C6H6N2O2/c16-11(2-1-7-20-15(18)19)14(23)24-10-5-3-9(4-6-10)8-12(17)13(21)22;9-6(10)2-1-5-3-7-4-8-5/h3-6,11-12H,1-2,7-8,16-17H2,(H,21,22)(H4,18,19,20);1-4H,(H,7,8)(H,9,10)/t11-,12-;/m0./s1. The van der Waals surface area contributed by atoms with Gasteiger partial charge in [-0.3, -0.25) is 9.79 Å². The van der Waals surface area contributed by atoms with Crippen LogP contribution in [0.25, 0.3) is 6.08 Å². The first-order chi connectivity index (χ1) is 16.1. The van der Waals surface area contributed by atoms with Gasteiger partial charge in [-0.25, -0.2) is 14.6 Å². The van der Waals surface area contributed by atoms with Crippen molar-refractivity contribution in [2.75, 3.05) is 6.54 Å². The van der Waals surface area contributed by atoms with Crippen molar-refractivity contribution in [3.8, 4) is 5.75 Å². The van der Waals surface area contributed by atoms with E-state index >= 15 is 0 Å². The summed E-state index contributed by atoms with van der Waals surface area (Å²) in [5, 5.41) is 17.0. The molecule has 0 spiro atoms. The number of esters is 1. The fraction of sp³-hybridized carbons (Fsp3) is 0.286. The molecule has 0 aliphatic carbocycles. The van der Waals surface area contributed by atoms with Crippen LogP contribution >= 0.6 is 0 Å². The molecule has 1 heterocycles. The molecule has 0 radical (unpaired) electrons. The van der Waals surface area contributed by atoms with Crippen molar-refractivity contribution in [2.45, 2.75) is 31.3 Å². The zero-order valence-corrected chi connectivity index (χ0v) is 18.3. The third kappa shape index (κ3) is 12.0. The minimum Gasteiger partial charge on any atom is -0.480 e. The van der Waals surface area contributed by atoms with Crippen LogP contribution < -0.4 is 27.7 Å². The lowest BCUT2D eigenvalue weighted by Crippen LogP contribution is -2.34. The fourth-order valence-electron chi connectivity index (χ4n) is 2.38. The Morgan fingerprint density at radius 1 is 1.12 bits per heavy atom. The molecule has 2 atom stereocenters. The molecule has 34 heavy (non-hydrogen) atoms. The van der Waals surface area contributed by atoms with E-state index < -0.39 is 30.0 Å². The van der Waals surface area contributed by atoms with Crippen LogP contribution in [-0.4, -0.2) is 62.7 Å². The molecule has 2 aromatic rings. The van der Waals surface area contributed by atoms with E-state index in [1.54, 1.807) is 30.5 Å². The van der Waals surface area contributed by atoms with E-state index in [4.69, 9.17) is 37.9 Å². The Balaban J connectivity index is 0.000000479. The van der Waals surface area contributed by atoms with Gasteiger partial charge in [0.15, 0.2) is 5.96 Å². The Bertz CT molecular complexity index is 970. The number of carbonyl (C=O) groups is 3. The second-order valence-electron chi connectivity index (χ2n) is 6.95. The highest BCUT2D eigenvalue weighted by atomic mass is 16.5. The number of imidazole rings is 1. The molecule has 2 rings (SSSR count). The summed E-state index contributed by atoms with van der Waals surface area (Å²) >= 11 is 0. The molecule has 0 unspecified atom stereocenters. The number of aromatic nitrogens is 2. The molecule has 13 nitrogen and oxygen atoms in total. The van der Waals surface area contributed by atoms with E-state index in [0.29, 0.717) is 30.8 Å². The van der Waals surface area contributed by atoms with Gasteiger partial charge in [-0.2, -0.15) is 0 Å². The first-order valence-electron chi connectivity index (χ1n) is 10.1.